The zero-order valence-electron chi connectivity index (χ0n) is 13.2. The van der Waals surface area contributed by atoms with Gasteiger partial charge in [-0.1, -0.05) is 24.1 Å². The highest BCUT2D eigenvalue weighted by atomic mass is 35.5. The van der Waals surface area contributed by atoms with Crippen molar-refractivity contribution in [2.24, 2.45) is 17.8 Å². The van der Waals surface area contributed by atoms with Gasteiger partial charge in [-0.15, -0.1) is 0 Å². The van der Waals surface area contributed by atoms with Gasteiger partial charge in [0.1, 0.15) is 5.75 Å². The second-order valence-electron chi connectivity index (χ2n) is 6.85. The maximum absolute atomic E-state index is 12.3. The number of ether oxygens (including phenoxy) is 1. The molecule has 4 heteroatoms. The Kier molecular flexibility index (Phi) is 4.62. The van der Waals surface area contributed by atoms with Crippen LogP contribution >= 0.6 is 11.6 Å². The quantitative estimate of drug-likeness (QED) is 0.888. The van der Waals surface area contributed by atoms with E-state index in [4.69, 9.17) is 16.3 Å². The lowest BCUT2D eigenvalue weighted by Crippen LogP contribution is -2.45. The second kappa shape index (κ2) is 6.49. The Morgan fingerprint density at radius 2 is 2.14 bits per heavy atom. The van der Waals surface area contributed by atoms with Crippen molar-refractivity contribution >= 4 is 17.5 Å². The molecule has 120 valence electrons. The highest BCUT2D eigenvalue weighted by Gasteiger charge is 2.42. The van der Waals surface area contributed by atoms with Crippen molar-refractivity contribution in [2.45, 2.75) is 51.7 Å². The molecular formula is C18H24ClNO2. The maximum atomic E-state index is 12.3. The minimum atomic E-state index is -0.514. The minimum Gasteiger partial charge on any atom is -0.481 e. The molecule has 2 fully saturated rings. The van der Waals surface area contributed by atoms with E-state index in [0.29, 0.717) is 16.7 Å². The van der Waals surface area contributed by atoms with Gasteiger partial charge in [0, 0.05) is 11.1 Å². The Bertz CT molecular complexity index is 548. The number of benzene rings is 1. The molecule has 0 radical (unpaired) electrons. The lowest BCUT2D eigenvalue weighted by molar-refractivity contribution is -0.128. The number of amides is 1. The summed E-state index contributed by atoms with van der Waals surface area (Å²) in [6.07, 6.45) is 4.84. The number of carbonyl (C=O) groups excluding carboxylic acids is 1. The molecule has 1 aromatic carbocycles. The second-order valence-corrected chi connectivity index (χ2v) is 7.29. The van der Waals surface area contributed by atoms with Crippen LogP contribution in [0.5, 0.6) is 5.75 Å². The van der Waals surface area contributed by atoms with Gasteiger partial charge in [-0.25, -0.2) is 0 Å². The van der Waals surface area contributed by atoms with Gasteiger partial charge in [0.15, 0.2) is 6.10 Å². The Morgan fingerprint density at radius 1 is 1.32 bits per heavy atom. The van der Waals surface area contributed by atoms with E-state index in [-0.39, 0.29) is 11.9 Å². The van der Waals surface area contributed by atoms with Gasteiger partial charge < -0.3 is 10.1 Å². The SMILES string of the molecule is C[C@@H](Oc1cccc(Cl)c1)C(=O)N[C@H](C)[C@H]1C[C@@H]2CC[C@@H]1C2. The zero-order valence-corrected chi connectivity index (χ0v) is 14.0. The molecular weight excluding hydrogens is 298 g/mol. The lowest BCUT2D eigenvalue weighted by Gasteiger charge is -2.29. The smallest absolute Gasteiger partial charge is 0.260 e. The van der Waals surface area contributed by atoms with Crippen LogP contribution in [-0.2, 0) is 4.79 Å². The summed E-state index contributed by atoms with van der Waals surface area (Å²) in [7, 11) is 0. The Labute approximate surface area is 137 Å². The highest BCUT2D eigenvalue weighted by Crippen LogP contribution is 2.49. The van der Waals surface area contributed by atoms with Gasteiger partial charge in [-0.05, 0) is 69.1 Å². The van der Waals surface area contributed by atoms with E-state index < -0.39 is 6.10 Å². The molecule has 1 amide bonds. The molecule has 3 rings (SSSR count). The molecule has 0 aromatic heterocycles. The summed E-state index contributed by atoms with van der Waals surface area (Å²) in [4.78, 5) is 12.3. The van der Waals surface area contributed by atoms with Crippen molar-refractivity contribution in [3.05, 3.63) is 29.3 Å². The summed E-state index contributed by atoms with van der Waals surface area (Å²) in [5.41, 5.74) is 0. The van der Waals surface area contributed by atoms with Gasteiger partial charge >= 0.3 is 0 Å². The summed E-state index contributed by atoms with van der Waals surface area (Å²) < 4.78 is 5.69. The van der Waals surface area contributed by atoms with Gasteiger partial charge in [0.25, 0.3) is 5.91 Å². The number of rotatable bonds is 5. The van der Waals surface area contributed by atoms with Crippen LogP contribution in [0.2, 0.25) is 5.02 Å². The first-order valence-electron chi connectivity index (χ1n) is 8.25. The van der Waals surface area contributed by atoms with E-state index in [1.807, 2.05) is 12.1 Å². The average Bonchev–Trinajstić information content (AvgIpc) is 3.09. The zero-order chi connectivity index (χ0) is 15.7. The lowest BCUT2D eigenvalue weighted by atomic mass is 9.84. The Hall–Kier alpha value is -1.22. The third kappa shape index (κ3) is 3.40. The number of hydrogen-bond acceptors (Lipinski definition) is 2. The van der Waals surface area contributed by atoms with Crippen molar-refractivity contribution in [1.29, 1.82) is 0 Å². The van der Waals surface area contributed by atoms with E-state index in [9.17, 15) is 4.79 Å². The van der Waals surface area contributed by atoms with Crippen LogP contribution in [0.3, 0.4) is 0 Å². The first-order valence-corrected chi connectivity index (χ1v) is 8.63. The molecule has 2 aliphatic carbocycles. The predicted octanol–water partition coefficient (Wildman–Crippen LogP) is 4.05. The first kappa shape index (κ1) is 15.7. The minimum absolute atomic E-state index is 0.0461. The van der Waals surface area contributed by atoms with Crippen LogP contribution in [0.15, 0.2) is 24.3 Å². The summed E-state index contributed by atoms with van der Waals surface area (Å²) in [5.74, 6) is 2.93. The third-order valence-corrected chi connectivity index (χ3v) is 5.52. The summed E-state index contributed by atoms with van der Waals surface area (Å²) in [6.45, 7) is 3.92. The third-order valence-electron chi connectivity index (χ3n) is 5.28. The number of nitrogens with one attached hydrogen (secondary N) is 1. The standard InChI is InChI=1S/C18H24ClNO2/c1-11(17-9-13-6-7-14(17)8-13)20-18(21)12(2)22-16-5-3-4-15(19)10-16/h3-5,10-14,17H,6-9H2,1-2H3,(H,20,21)/t11-,12-,13-,14-,17-/m1/s1. The summed E-state index contributed by atoms with van der Waals surface area (Å²) >= 11 is 5.93. The van der Waals surface area contributed by atoms with E-state index in [1.54, 1.807) is 19.1 Å². The van der Waals surface area contributed by atoms with E-state index >= 15 is 0 Å². The molecule has 2 aliphatic rings. The van der Waals surface area contributed by atoms with Crippen LogP contribution in [0.1, 0.15) is 39.5 Å². The van der Waals surface area contributed by atoms with Crippen molar-refractivity contribution < 1.29 is 9.53 Å². The molecule has 0 spiro atoms. The van der Waals surface area contributed by atoms with E-state index in [0.717, 1.165) is 11.8 Å². The number of halogens is 1. The van der Waals surface area contributed by atoms with Gasteiger partial charge in [-0.2, -0.15) is 0 Å². The van der Waals surface area contributed by atoms with Crippen molar-refractivity contribution in [1.82, 2.24) is 5.32 Å². The van der Waals surface area contributed by atoms with Crippen molar-refractivity contribution in [2.75, 3.05) is 0 Å². The molecule has 22 heavy (non-hydrogen) atoms. The van der Waals surface area contributed by atoms with Crippen molar-refractivity contribution in [3.8, 4) is 5.75 Å². The number of carbonyl (C=O) groups is 1. The maximum Gasteiger partial charge on any atom is 0.260 e. The van der Waals surface area contributed by atoms with Crippen LogP contribution < -0.4 is 10.1 Å². The average molecular weight is 322 g/mol. The Morgan fingerprint density at radius 3 is 2.77 bits per heavy atom. The molecule has 1 aromatic rings. The fourth-order valence-electron chi connectivity index (χ4n) is 4.15. The fourth-order valence-corrected chi connectivity index (χ4v) is 4.33. The summed E-state index contributed by atoms with van der Waals surface area (Å²) in [6, 6.07) is 7.38. The van der Waals surface area contributed by atoms with Crippen molar-refractivity contribution in [3.63, 3.8) is 0 Å². The summed E-state index contributed by atoms with van der Waals surface area (Å²) in [5, 5.41) is 3.76. The number of hydrogen-bond donors (Lipinski definition) is 1. The largest absolute Gasteiger partial charge is 0.481 e. The van der Waals surface area contributed by atoms with Crippen LogP contribution in [0.25, 0.3) is 0 Å². The molecule has 0 heterocycles. The van der Waals surface area contributed by atoms with Gasteiger partial charge in [-0.3, -0.25) is 4.79 Å². The molecule has 2 saturated carbocycles. The van der Waals surface area contributed by atoms with Crippen LogP contribution in [0.4, 0.5) is 0 Å². The normalized spacial score (nSPS) is 29.1. The van der Waals surface area contributed by atoms with Crippen LogP contribution in [0, 0.1) is 17.8 Å². The molecule has 2 bridgehead atoms. The first-order chi connectivity index (χ1) is 10.5. The fraction of sp³-hybridized carbons (Fsp3) is 0.611. The molecule has 1 N–H and O–H groups in total. The predicted molar refractivity (Wildman–Crippen MR) is 88.1 cm³/mol. The number of fused-ring (bicyclic) bond motifs is 2. The Balaban J connectivity index is 1.52. The molecule has 0 unspecified atom stereocenters. The van der Waals surface area contributed by atoms with E-state index in [1.165, 1.54) is 25.7 Å². The highest BCUT2D eigenvalue weighted by molar-refractivity contribution is 6.30. The van der Waals surface area contributed by atoms with E-state index in [2.05, 4.69) is 12.2 Å². The molecule has 0 saturated heterocycles. The van der Waals surface area contributed by atoms with Crippen LogP contribution in [-0.4, -0.2) is 18.1 Å². The van der Waals surface area contributed by atoms with Gasteiger partial charge in [0.05, 0.1) is 0 Å². The molecule has 5 atom stereocenters. The molecule has 0 aliphatic heterocycles. The topological polar surface area (TPSA) is 38.3 Å². The monoisotopic (exact) mass is 321 g/mol. The van der Waals surface area contributed by atoms with Gasteiger partial charge in [0.2, 0.25) is 0 Å². The molecule has 3 nitrogen and oxygen atoms in total.